The van der Waals surface area contributed by atoms with Crippen molar-refractivity contribution in [1.82, 2.24) is 0 Å². The minimum Gasteiger partial charge on any atom is -0.433 e. The first kappa shape index (κ1) is 18.2. The molecule has 0 saturated heterocycles. The topological polar surface area (TPSA) is 35.5 Å². The number of rotatable bonds is 6. The van der Waals surface area contributed by atoms with Gasteiger partial charge >= 0.3 is 8.38 Å². The van der Waals surface area contributed by atoms with Crippen LogP contribution in [-0.4, -0.2) is 5.52 Å². The fraction of sp³-hybridized carbons (Fsp3) is 0.136. The predicted octanol–water partition coefficient (Wildman–Crippen LogP) is 6.22. The molecule has 0 amide bonds. The van der Waals surface area contributed by atoms with Gasteiger partial charge in [0, 0.05) is 5.56 Å². The lowest BCUT2D eigenvalue weighted by molar-refractivity contribution is 0.106. The summed E-state index contributed by atoms with van der Waals surface area (Å²) in [6, 6.07) is 22.3. The smallest absolute Gasteiger partial charge is 0.370 e. The fourth-order valence-corrected chi connectivity index (χ4v) is 3.74. The van der Waals surface area contributed by atoms with Crippen LogP contribution >= 0.6 is 8.38 Å². The van der Waals surface area contributed by atoms with Crippen LogP contribution in [0.3, 0.4) is 0 Å². The first-order chi connectivity index (χ1) is 12.6. The zero-order chi connectivity index (χ0) is 18.5. The van der Waals surface area contributed by atoms with Crippen molar-refractivity contribution >= 4 is 13.9 Å². The molecule has 3 rings (SSSR count). The van der Waals surface area contributed by atoms with Crippen LogP contribution in [0.2, 0.25) is 0 Å². The summed E-state index contributed by atoms with van der Waals surface area (Å²) >= 11 is 0. The molecule has 1 atom stereocenters. The Bertz CT molecular complexity index is 892. The monoisotopic (exact) mass is 364 g/mol. The van der Waals surface area contributed by atoms with E-state index in [-0.39, 0.29) is 5.52 Å². The van der Waals surface area contributed by atoms with Gasteiger partial charge in [-0.3, -0.25) is 4.79 Å². The molecule has 0 aromatic heterocycles. The molecular weight excluding hydrogens is 343 g/mol. The van der Waals surface area contributed by atoms with Crippen LogP contribution in [0.1, 0.15) is 27.0 Å². The normalized spacial score (nSPS) is 11.7. The van der Waals surface area contributed by atoms with Crippen LogP contribution < -0.4 is 9.05 Å². The number of para-hydroxylation sites is 1. The maximum atomic E-state index is 13.0. The van der Waals surface area contributed by atoms with E-state index in [2.05, 4.69) is 13.8 Å². The van der Waals surface area contributed by atoms with Gasteiger partial charge in [-0.05, 0) is 55.7 Å². The van der Waals surface area contributed by atoms with Crippen molar-refractivity contribution < 1.29 is 13.8 Å². The Morgan fingerprint density at radius 1 is 0.731 bits per heavy atom. The van der Waals surface area contributed by atoms with Gasteiger partial charge in [-0.15, -0.1) is 0 Å². The highest BCUT2D eigenvalue weighted by atomic mass is 31.2. The Balaban J connectivity index is 1.93. The third kappa shape index (κ3) is 4.12. The van der Waals surface area contributed by atoms with Crippen LogP contribution in [0.15, 0.2) is 72.8 Å². The zero-order valence-electron chi connectivity index (χ0n) is 15.1. The summed E-state index contributed by atoms with van der Waals surface area (Å²) in [7, 11) is -1.83. The molecule has 132 valence electrons. The van der Waals surface area contributed by atoms with Gasteiger partial charge in [0.1, 0.15) is 11.5 Å². The fourth-order valence-electron chi connectivity index (χ4n) is 2.48. The van der Waals surface area contributed by atoms with E-state index in [4.69, 9.17) is 9.05 Å². The molecule has 26 heavy (non-hydrogen) atoms. The van der Waals surface area contributed by atoms with E-state index in [1.807, 2.05) is 67.6 Å². The van der Waals surface area contributed by atoms with Gasteiger partial charge in [-0.2, -0.15) is 0 Å². The summed E-state index contributed by atoms with van der Waals surface area (Å²) in [5.74, 6) is 1.30. The minimum atomic E-state index is -1.83. The van der Waals surface area contributed by atoms with Gasteiger partial charge < -0.3 is 9.05 Å². The van der Waals surface area contributed by atoms with Crippen molar-refractivity contribution in [3.8, 4) is 11.5 Å². The Kier molecular flexibility index (Phi) is 5.70. The summed E-state index contributed by atoms with van der Waals surface area (Å²) in [6.07, 6.45) is 0. The predicted molar refractivity (Wildman–Crippen MR) is 106 cm³/mol. The summed E-state index contributed by atoms with van der Waals surface area (Å²) in [5, 5.41) is 0. The third-order valence-corrected chi connectivity index (χ3v) is 5.64. The van der Waals surface area contributed by atoms with E-state index in [1.54, 1.807) is 12.1 Å². The van der Waals surface area contributed by atoms with E-state index in [0.717, 1.165) is 11.1 Å². The lowest BCUT2D eigenvalue weighted by Gasteiger charge is -2.19. The molecule has 0 aliphatic carbocycles. The quantitative estimate of drug-likeness (QED) is 0.487. The second kappa shape index (κ2) is 8.16. The van der Waals surface area contributed by atoms with Crippen molar-refractivity contribution in [2.24, 2.45) is 0 Å². The van der Waals surface area contributed by atoms with Crippen molar-refractivity contribution in [1.29, 1.82) is 0 Å². The summed E-state index contributed by atoms with van der Waals surface area (Å²) in [4.78, 5) is 13.0. The Morgan fingerprint density at radius 3 is 2.00 bits per heavy atom. The van der Waals surface area contributed by atoms with E-state index < -0.39 is 8.38 Å². The molecule has 1 unspecified atom stereocenters. The van der Waals surface area contributed by atoms with Gasteiger partial charge in [0.25, 0.3) is 5.52 Å². The van der Waals surface area contributed by atoms with E-state index >= 15 is 0 Å². The highest BCUT2D eigenvalue weighted by molar-refractivity contribution is 7.67. The highest BCUT2D eigenvalue weighted by Gasteiger charge is 2.27. The average molecular weight is 364 g/mol. The molecule has 0 aliphatic heterocycles. The van der Waals surface area contributed by atoms with E-state index in [1.165, 1.54) is 5.56 Å². The van der Waals surface area contributed by atoms with Crippen molar-refractivity contribution in [3.63, 3.8) is 0 Å². The molecule has 3 aromatic rings. The molecule has 0 radical (unpaired) electrons. The van der Waals surface area contributed by atoms with Crippen molar-refractivity contribution in [2.75, 3.05) is 0 Å². The first-order valence-corrected chi connectivity index (χ1v) is 9.61. The number of aryl methyl sites for hydroxylation is 1. The SMILES string of the molecule is Cc1ccc(OP(Oc2ccccc2)C(=O)c2ccccc2)c(C)c1C. The maximum Gasteiger partial charge on any atom is 0.370 e. The van der Waals surface area contributed by atoms with Gasteiger partial charge in [0.2, 0.25) is 0 Å². The van der Waals surface area contributed by atoms with Gasteiger partial charge in [-0.1, -0.05) is 54.6 Å². The molecule has 0 bridgehead atoms. The second-order valence-electron chi connectivity index (χ2n) is 6.05. The maximum absolute atomic E-state index is 13.0. The van der Waals surface area contributed by atoms with Crippen molar-refractivity contribution in [2.45, 2.75) is 20.8 Å². The van der Waals surface area contributed by atoms with E-state index in [9.17, 15) is 4.79 Å². The minimum absolute atomic E-state index is 0.151. The Hall–Kier alpha value is -2.64. The standard InChI is InChI=1S/C22H21O3P/c1-16-14-15-21(18(3)17(16)2)25-26(24-20-12-8-5-9-13-20)22(23)19-10-6-4-7-11-19/h4-15H,1-3H3. The molecule has 4 heteroatoms. The molecule has 0 saturated carbocycles. The number of carbonyl (C=O) groups is 1. The van der Waals surface area contributed by atoms with Crippen molar-refractivity contribution in [3.05, 3.63) is 95.1 Å². The second-order valence-corrected chi connectivity index (χ2v) is 7.34. The van der Waals surface area contributed by atoms with Gasteiger partial charge in [0.15, 0.2) is 0 Å². The van der Waals surface area contributed by atoms with Crippen LogP contribution in [0, 0.1) is 20.8 Å². The third-order valence-electron chi connectivity index (χ3n) is 4.31. The van der Waals surface area contributed by atoms with Crippen LogP contribution in [-0.2, 0) is 0 Å². The van der Waals surface area contributed by atoms with E-state index in [0.29, 0.717) is 17.1 Å². The Morgan fingerprint density at radius 2 is 1.35 bits per heavy atom. The first-order valence-electron chi connectivity index (χ1n) is 8.43. The molecular formula is C22H21O3P. The lowest BCUT2D eigenvalue weighted by atomic mass is 10.0. The largest absolute Gasteiger partial charge is 0.433 e. The average Bonchev–Trinajstić information content (AvgIpc) is 2.68. The number of benzene rings is 3. The van der Waals surface area contributed by atoms with Gasteiger partial charge in [-0.25, -0.2) is 0 Å². The molecule has 0 aliphatic rings. The highest BCUT2D eigenvalue weighted by Crippen LogP contribution is 2.44. The van der Waals surface area contributed by atoms with Crippen LogP contribution in [0.5, 0.6) is 11.5 Å². The van der Waals surface area contributed by atoms with Gasteiger partial charge in [0.05, 0.1) is 0 Å². The zero-order valence-corrected chi connectivity index (χ0v) is 16.0. The van der Waals surface area contributed by atoms with Crippen LogP contribution in [0.4, 0.5) is 0 Å². The lowest BCUT2D eigenvalue weighted by Crippen LogP contribution is -2.08. The molecule has 3 nitrogen and oxygen atoms in total. The summed E-state index contributed by atoms with van der Waals surface area (Å²) in [5.41, 5.74) is 3.80. The summed E-state index contributed by atoms with van der Waals surface area (Å²) < 4.78 is 12.0. The number of hydrogen-bond donors (Lipinski definition) is 0. The van der Waals surface area contributed by atoms with Crippen LogP contribution in [0.25, 0.3) is 0 Å². The summed E-state index contributed by atoms with van der Waals surface area (Å²) in [6.45, 7) is 6.11. The number of carbonyl (C=O) groups excluding carboxylic acids is 1. The molecule has 3 aromatic carbocycles. The molecule has 0 heterocycles. The molecule has 0 N–H and O–H groups in total. The molecule has 0 fully saturated rings. The Labute approximate surface area is 155 Å². The number of hydrogen-bond acceptors (Lipinski definition) is 3. The molecule has 0 spiro atoms.